The lowest BCUT2D eigenvalue weighted by atomic mass is 10.3. The van der Waals surface area contributed by atoms with Gasteiger partial charge in [-0.25, -0.2) is 4.79 Å². The molecule has 0 unspecified atom stereocenters. The molecule has 2 aromatic carbocycles. The van der Waals surface area contributed by atoms with Crippen LogP contribution in [0.1, 0.15) is 0 Å². The number of phenolic OH excluding ortho intramolecular Hbond substituents is 1. The second-order valence-electron chi connectivity index (χ2n) is 4.24. The predicted octanol–water partition coefficient (Wildman–Crippen LogP) is 3.07. The third kappa shape index (κ3) is 3.20. The average Bonchev–Trinajstić information content (AvgIpc) is 2.46. The van der Waals surface area contributed by atoms with Gasteiger partial charge in [-0.05, 0) is 24.3 Å². The number of benzene rings is 2. The van der Waals surface area contributed by atoms with Crippen LogP contribution in [-0.4, -0.2) is 25.3 Å². The van der Waals surface area contributed by atoms with E-state index in [1.54, 1.807) is 56.6 Å². The Kier molecular flexibility index (Phi) is 4.10. The number of hydrogen-bond donors (Lipinski definition) is 2. The van der Waals surface area contributed by atoms with Gasteiger partial charge in [0, 0.05) is 30.6 Å². The number of hydrogen-bond acceptors (Lipinski definition) is 3. The summed E-state index contributed by atoms with van der Waals surface area (Å²) >= 11 is 0. The Labute approximate surface area is 117 Å². The summed E-state index contributed by atoms with van der Waals surface area (Å²) in [7, 11) is 3.20. The first-order valence-corrected chi connectivity index (χ1v) is 6.08. The number of carbonyl (C=O) groups excluding carboxylic acids is 1. The van der Waals surface area contributed by atoms with Gasteiger partial charge in [-0.1, -0.05) is 12.1 Å². The molecule has 2 N–H and O–H groups in total. The van der Waals surface area contributed by atoms with E-state index in [1.165, 1.54) is 11.0 Å². The zero-order valence-corrected chi connectivity index (χ0v) is 11.3. The van der Waals surface area contributed by atoms with Gasteiger partial charge in [0.25, 0.3) is 0 Å². The first-order valence-electron chi connectivity index (χ1n) is 6.08. The minimum absolute atomic E-state index is 0.114. The quantitative estimate of drug-likeness (QED) is 0.902. The maximum Gasteiger partial charge on any atom is 0.326 e. The lowest BCUT2D eigenvalue weighted by Crippen LogP contribution is -2.31. The number of ether oxygens (including phenoxy) is 1. The van der Waals surface area contributed by atoms with Crippen molar-refractivity contribution < 1.29 is 14.6 Å². The molecular weight excluding hydrogens is 256 g/mol. The number of urea groups is 1. The van der Waals surface area contributed by atoms with Gasteiger partial charge >= 0.3 is 6.03 Å². The molecule has 0 atom stereocenters. The number of anilines is 2. The fourth-order valence-electron chi connectivity index (χ4n) is 1.73. The van der Waals surface area contributed by atoms with E-state index in [0.717, 1.165) is 0 Å². The van der Waals surface area contributed by atoms with Crippen LogP contribution in [0.5, 0.6) is 11.5 Å². The number of methoxy groups -OCH3 is 1. The van der Waals surface area contributed by atoms with Crippen molar-refractivity contribution in [2.45, 2.75) is 0 Å². The molecule has 0 aliphatic heterocycles. The molecule has 5 heteroatoms. The van der Waals surface area contributed by atoms with Crippen molar-refractivity contribution in [2.75, 3.05) is 24.4 Å². The number of carbonyl (C=O) groups is 1. The molecule has 0 aliphatic rings. The molecule has 0 bridgehead atoms. The first kappa shape index (κ1) is 13.7. The topological polar surface area (TPSA) is 61.8 Å². The highest BCUT2D eigenvalue weighted by Crippen LogP contribution is 2.21. The van der Waals surface area contributed by atoms with Crippen molar-refractivity contribution in [3.63, 3.8) is 0 Å². The third-order valence-corrected chi connectivity index (χ3v) is 2.84. The normalized spacial score (nSPS) is 9.90. The number of aromatic hydroxyl groups is 1. The van der Waals surface area contributed by atoms with Crippen LogP contribution in [0.4, 0.5) is 16.2 Å². The van der Waals surface area contributed by atoms with Gasteiger partial charge < -0.3 is 15.2 Å². The van der Waals surface area contributed by atoms with Crippen molar-refractivity contribution in [1.82, 2.24) is 0 Å². The van der Waals surface area contributed by atoms with Crippen molar-refractivity contribution in [3.05, 3.63) is 48.5 Å². The number of nitrogens with zero attached hydrogens (tertiary/aromatic N) is 1. The number of rotatable bonds is 3. The molecule has 0 radical (unpaired) electrons. The van der Waals surface area contributed by atoms with E-state index in [2.05, 4.69) is 5.32 Å². The maximum atomic E-state index is 12.1. The largest absolute Gasteiger partial charge is 0.508 e. The summed E-state index contributed by atoms with van der Waals surface area (Å²) in [4.78, 5) is 13.5. The van der Waals surface area contributed by atoms with Gasteiger partial charge in [0.1, 0.15) is 11.5 Å². The smallest absolute Gasteiger partial charge is 0.326 e. The Bertz CT molecular complexity index is 614. The van der Waals surface area contributed by atoms with Crippen LogP contribution in [0, 0.1) is 0 Å². The van der Waals surface area contributed by atoms with Crippen LogP contribution in [-0.2, 0) is 0 Å². The second-order valence-corrected chi connectivity index (χ2v) is 4.24. The molecule has 0 fully saturated rings. The van der Waals surface area contributed by atoms with Gasteiger partial charge in [-0.2, -0.15) is 0 Å². The van der Waals surface area contributed by atoms with Gasteiger partial charge in [-0.15, -0.1) is 0 Å². The maximum absolute atomic E-state index is 12.1. The Hall–Kier alpha value is -2.69. The molecule has 5 nitrogen and oxygen atoms in total. The Morgan fingerprint density at radius 2 is 1.95 bits per heavy atom. The van der Waals surface area contributed by atoms with E-state index in [0.29, 0.717) is 17.1 Å². The van der Waals surface area contributed by atoms with E-state index in [9.17, 15) is 9.90 Å². The lowest BCUT2D eigenvalue weighted by Gasteiger charge is -2.18. The minimum Gasteiger partial charge on any atom is -0.508 e. The highest BCUT2D eigenvalue weighted by Gasteiger charge is 2.11. The summed E-state index contributed by atoms with van der Waals surface area (Å²) in [6, 6.07) is 13.3. The van der Waals surface area contributed by atoms with Crippen molar-refractivity contribution in [2.24, 2.45) is 0 Å². The van der Waals surface area contributed by atoms with Gasteiger partial charge in [0.15, 0.2) is 0 Å². The van der Waals surface area contributed by atoms with E-state index < -0.39 is 0 Å². The van der Waals surface area contributed by atoms with Crippen LogP contribution in [0.3, 0.4) is 0 Å². The van der Waals surface area contributed by atoms with Crippen LogP contribution in [0.25, 0.3) is 0 Å². The summed E-state index contributed by atoms with van der Waals surface area (Å²) < 4.78 is 5.10. The molecule has 0 spiro atoms. The summed E-state index contributed by atoms with van der Waals surface area (Å²) in [5.74, 6) is 0.784. The molecule has 2 aromatic rings. The van der Waals surface area contributed by atoms with Gasteiger partial charge in [-0.3, -0.25) is 4.90 Å². The van der Waals surface area contributed by atoms with Crippen LogP contribution >= 0.6 is 0 Å². The Morgan fingerprint density at radius 1 is 1.20 bits per heavy atom. The van der Waals surface area contributed by atoms with Gasteiger partial charge in [0.2, 0.25) is 0 Å². The van der Waals surface area contributed by atoms with Crippen LogP contribution < -0.4 is 15.0 Å². The molecule has 0 heterocycles. The monoisotopic (exact) mass is 272 g/mol. The Balaban J connectivity index is 2.11. The predicted molar refractivity (Wildman–Crippen MR) is 78.5 cm³/mol. The number of phenols is 1. The van der Waals surface area contributed by atoms with Crippen molar-refractivity contribution >= 4 is 17.4 Å². The molecule has 20 heavy (non-hydrogen) atoms. The second kappa shape index (κ2) is 5.97. The van der Waals surface area contributed by atoms with Crippen molar-refractivity contribution in [1.29, 1.82) is 0 Å². The fraction of sp³-hybridized carbons (Fsp3) is 0.133. The molecule has 0 saturated heterocycles. The molecule has 104 valence electrons. The molecule has 2 rings (SSSR count). The van der Waals surface area contributed by atoms with E-state index in [4.69, 9.17) is 4.74 Å². The first-order chi connectivity index (χ1) is 9.60. The van der Waals surface area contributed by atoms with Crippen LogP contribution in [0.2, 0.25) is 0 Å². The van der Waals surface area contributed by atoms with E-state index in [1.807, 2.05) is 0 Å². The minimum atomic E-state index is -0.302. The molecule has 0 saturated carbocycles. The SMILES string of the molecule is COc1cccc(NC(=O)N(C)c2cccc(O)c2)c1. The summed E-state index contributed by atoms with van der Waals surface area (Å²) in [6.45, 7) is 0. The summed E-state index contributed by atoms with van der Waals surface area (Å²) in [5, 5.41) is 12.2. The zero-order chi connectivity index (χ0) is 14.5. The van der Waals surface area contributed by atoms with E-state index >= 15 is 0 Å². The lowest BCUT2D eigenvalue weighted by molar-refractivity contribution is 0.258. The third-order valence-electron chi connectivity index (χ3n) is 2.84. The zero-order valence-electron chi connectivity index (χ0n) is 11.3. The highest BCUT2D eigenvalue weighted by molar-refractivity contribution is 6.01. The van der Waals surface area contributed by atoms with Crippen molar-refractivity contribution in [3.8, 4) is 11.5 Å². The number of nitrogens with one attached hydrogen (secondary N) is 1. The molecular formula is C15H16N2O3. The highest BCUT2D eigenvalue weighted by atomic mass is 16.5. The van der Waals surface area contributed by atoms with E-state index in [-0.39, 0.29) is 11.8 Å². The molecule has 2 amide bonds. The number of amides is 2. The summed E-state index contributed by atoms with van der Waals surface area (Å²) in [6.07, 6.45) is 0. The fourth-order valence-corrected chi connectivity index (χ4v) is 1.73. The summed E-state index contributed by atoms with van der Waals surface area (Å²) in [5.41, 5.74) is 1.24. The molecule has 0 aromatic heterocycles. The van der Waals surface area contributed by atoms with Crippen LogP contribution in [0.15, 0.2) is 48.5 Å². The average molecular weight is 272 g/mol. The standard InChI is InChI=1S/C15H16N2O3/c1-17(12-6-4-7-13(18)10-12)15(19)16-11-5-3-8-14(9-11)20-2/h3-10,18H,1-2H3,(H,16,19). The van der Waals surface area contributed by atoms with Gasteiger partial charge in [0.05, 0.1) is 7.11 Å². The molecule has 0 aliphatic carbocycles. The Morgan fingerprint density at radius 3 is 2.65 bits per heavy atom.